The summed E-state index contributed by atoms with van der Waals surface area (Å²) < 4.78 is 32.1. The lowest BCUT2D eigenvalue weighted by Crippen LogP contribution is -1.93. The van der Waals surface area contributed by atoms with Crippen LogP contribution in [-0.4, -0.2) is 5.16 Å². The minimum absolute atomic E-state index is 0.00115. The maximum atomic E-state index is 14.0. The summed E-state index contributed by atoms with van der Waals surface area (Å²) >= 11 is 0. The highest BCUT2D eigenvalue weighted by Crippen LogP contribution is 2.38. The van der Waals surface area contributed by atoms with Crippen LogP contribution in [0, 0.1) is 18.6 Å². The van der Waals surface area contributed by atoms with Crippen LogP contribution < -0.4 is 5.73 Å². The molecule has 21 heavy (non-hydrogen) atoms. The molecule has 0 spiro atoms. The van der Waals surface area contributed by atoms with E-state index in [0.717, 1.165) is 17.2 Å². The van der Waals surface area contributed by atoms with Crippen molar-refractivity contribution in [1.29, 1.82) is 0 Å². The monoisotopic (exact) mass is 286 g/mol. The van der Waals surface area contributed by atoms with E-state index in [1.54, 1.807) is 0 Å². The number of rotatable bonds is 2. The second-order valence-electron chi connectivity index (χ2n) is 4.71. The fraction of sp³-hybridized carbons (Fsp3) is 0.0625. The molecule has 3 rings (SSSR count). The van der Waals surface area contributed by atoms with Crippen molar-refractivity contribution in [2.75, 3.05) is 5.73 Å². The van der Waals surface area contributed by atoms with Gasteiger partial charge in [0.15, 0.2) is 0 Å². The Hall–Kier alpha value is -2.69. The molecule has 1 heterocycles. The molecule has 2 aromatic carbocycles. The number of nitrogens with zero attached hydrogens (tertiary/aromatic N) is 1. The van der Waals surface area contributed by atoms with Crippen molar-refractivity contribution in [3.8, 4) is 22.4 Å². The molecule has 3 aromatic rings. The molecule has 106 valence electrons. The first kappa shape index (κ1) is 13.3. The largest absolute Gasteiger partial charge is 0.367 e. The Labute approximate surface area is 120 Å². The maximum absolute atomic E-state index is 14.0. The molecule has 0 fully saturated rings. The highest BCUT2D eigenvalue weighted by atomic mass is 19.1. The molecule has 0 aliphatic rings. The average Bonchev–Trinajstić information content (AvgIpc) is 2.81. The summed E-state index contributed by atoms with van der Waals surface area (Å²) in [6.45, 7) is 1.91. The second kappa shape index (κ2) is 5.01. The van der Waals surface area contributed by atoms with E-state index in [1.165, 1.54) is 12.1 Å². The number of benzene rings is 2. The molecule has 0 bridgehead atoms. The van der Waals surface area contributed by atoms with Crippen molar-refractivity contribution in [2.45, 2.75) is 6.92 Å². The van der Waals surface area contributed by atoms with E-state index in [2.05, 4.69) is 5.16 Å². The fourth-order valence-corrected chi connectivity index (χ4v) is 2.28. The van der Waals surface area contributed by atoms with E-state index in [1.807, 2.05) is 31.2 Å². The summed E-state index contributed by atoms with van der Waals surface area (Å²) in [5.74, 6) is -1.36. The molecule has 0 radical (unpaired) electrons. The quantitative estimate of drug-likeness (QED) is 0.769. The van der Waals surface area contributed by atoms with Crippen LogP contribution >= 0.6 is 0 Å². The highest BCUT2D eigenvalue weighted by Gasteiger charge is 2.21. The molecule has 0 saturated carbocycles. The van der Waals surface area contributed by atoms with Gasteiger partial charge in [0.25, 0.3) is 0 Å². The standard InChI is InChI=1S/C16H12F2N2O/c1-9-4-2-3-5-11(9)15-14(16(19)21-20-15)12-7-6-10(17)8-13(12)18/h2-8H,19H2,1H3. The zero-order chi connectivity index (χ0) is 15.0. The van der Waals surface area contributed by atoms with Crippen molar-refractivity contribution >= 4 is 5.88 Å². The van der Waals surface area contributed by atoms with Crippen molar-refractivity contribution in [3.63, 3.8) is 0 Å². The van der Waals surface area contributed by atoms with Gasteiger partial charge < -0.3 is 10.3 Å². The SMILES string of the molecule is Cc1ccccc1-c1noc(N)c1-c1ccc(F)cc1F. The number of aryl methyl sites for hydroxylation is 1. The van der Waals surface area contributed by atoms with E-state index < -0.39 is 11.6 Å². The van der Waals surface area contributed by atoms with Gasteiger partial charge in [-0.1, -0.05) is 29.4 Å². The second-order valence-corrected chi connectivity index (χ2v) is 4.71. The van der Waals surface area contributed by atoms with E-state index in [4.69, 9.17) is 10.3 Å². The van der Waals surface area contributed by atoms with Crippen LogP contribution in [0.5, 0.6) is 0 Å². The van der Waals surface area contributed by atoms with E-state index in [0.29, 0.717) is 11.3 Å². The van der Waals surface area contributed by atoms with Crippen LogP contribution in [-0.2, 0) is 0 Å². The number of anilines is 1. The Morgan fingerprint density at radius 1 is 1.05 bits per heavy atom. The molecule has 0 aliphatic heterocycles. The third-order valence-electron chi connectivity index (χ3n) is 3.32. The molecule has 1 aromatic heterocycles. The van der Waals surface area contributed by atoms with Gasteiger partial charge in [0.2, 0.25) is 5.88 Å². The summed E-state index contributed by atoms with van der Waals surface area (Å²) in [6, 6.07) is 10.8. The lowest BCUT2D eigenvalue weighted by Gasteiger charge is -2.06. The number of aromatic nitrogens is 1. The molecule has 0 unspecified atom stereocenters. The number of hydrogen-bond donors (Lipinski definition) is 1. The molecule has 0 atom stereocenters. The molecular weight excluding hydrogens is 274 g/mol. The number of nitrogens with two attached hydrogens (primary N) is 1. The first-order valence-corrected chi connectivity index (χ1v) is 6.34. The van der Waals surface area contributed by atoms with Gasteiger partial charge in [-0.05, 0) is 24.6 Å². The van der Waals surface area contributed by atoms with E-state index in [-0.39, 0.29) is 11.4 Å². The van der Waals surface area contributed by atoms with Crippen LogP contribution in [0.4, 0.5) is 14.7 Å². The summed E-state index contributed by atoms with van der Waals surface area (Å²) in [4.78, 5) is 0. The summed E-state index contributed by atoms with van der Waals surface area (Å²) in [7, 11) is 0. The first-order chi connectivity index (χ1) is 10.1. The zero-order valence-electron chi connectivity index (χ0n) is 11.2. The van der Waals surface area contributed by atoms with Gasteiger partial charge in [-0.3, -0.25) is 0 Å². The van der Waals surface area contributed by atoms with Gasteiger partial charge in [-0.25, -0.2) is 8.78 Å². The third-order valence-corrected chi connectivity index (χ3v) is 3.32. The Morgan fingerprint density at radius 3 is 2.52 bits per heavy atom. The normalized spacial score (nSPS) is 10.8. The van der Waals surface area contributed by atoms with Crippen LogP contribution in [0.3, 0.4) is 0 Å². The molecule has 5 heteroatoms. The maximum Gasteiger partial charge on any atom is 0.230 e. The van der Waals surface area contributed by atoms with Crippen molar-refractivity contribution in [3.05, 3.63) is 59.7 Å². The minimum Gasteiger partial charge on any atom is -0.367 e. The Morgan fingerprint density at radius 2 is 1.81 bits per heavy atom. The van der Waals surface area contributed by atoms with E-state index >= 15 is 0 Å². The number of nitrogen functional groups attached to an aromatic ring is 1. The zero-order valence-corrected chi connectivity index (χ0v) is 11.2. The van der Waals surface area contributed by atoms with Gasteiger partial charge in [0, 0.05) is 17.2 Å². The van der Waals surface area contributed by atoms with Gasteiger partial charge in [-0.15, -0.1) is 0 Å². The van der Waals surface area contributed by atoms with Gasteiger partial charge >= 0.3 is 0 Å². The van der Waals surface area contributed by atoms with Gasteiger partial charge in [0.1, 0.15) is 17.3 Å². The fourth-order valence-electron chi connectivity index (χ4n) is 2.28. The Kier molecular flexibility index (Phi) is 3.17. The summed E-state index contributed by atoms with van der Waals surface area (Å²) in [6.07, 6.45) is 0. The Balaban J connectivity index is 2.25. The van der Waals surface area contributed by atoms with Crippen molar-refractivity contribution in [2.24, 2.45) is 0 Å². The molecular formula is C16H12F2N2O. The van der Waals surface area contributed by atoms with Crippen LogP contribution in [0.25, 0.3) is 22.4 Å². The summed E-state index contributed by atoms with van der Waals surface area (Å²) in [5, 5.41) is 3.93. The molecule has 3 nitrogen and oxygen atoms in total. The van der Waals surface area contributed by atoms with Crippen molar-refractivity contribution < 1.29 is 13.3 Å². The third kappa shape index (κ3) is 2.27. The van der Waals surface area contributed by atoms with E-state index in [9.17, 15) is 8.78 Å². The first-order valence-electron chi connectivity index (χ1n) is 6.34. The predicted molar refractivity (Wildman–Crippen MR) is 76.4 cm³/mol. The summed E-state index contributed by atoms with van der Waals surface area (Å²) in [5.41, 5.74) is 8.46. The van der Waals surface area contributed by atoms with Crippen molar-refractivity contribution in [1.82, 2.24) is 5.16 Å². The van der Waals surface area contributed by atoms with Gasteiger partial charge in [-0.2, -0.15) is 0 Å². The topological polar surface area (TPSA) is 52.0 Å². The van der Waals surface area contributed by atoms with Crippen LogP contribution in [0.1, 0.15) is 5.56 Å². The Bertz CT molecular complexity index is 812. The molecule has 0 amide bonds. The average molecular weight is 286 g/mol. The number of hydrogen-bond acceptors (Lipinski definition) is 3. The van der Waals surface area contributed by atoms with Crippen LogP contribution in [0.2, 0.25) is 0 Å². The predicted octanol–water partition coefficient (Wildman–Crippen LogP) is 4.18. The van der Waals surface area contributed by atoms with Crippen LogP contribution in [0.15, 0.2) is 47.0 Å². The molecule has 2 N–H and O–H groups in total. The lowest BCUT2D eigenvalue weighted by atomic mass is 9.98. The minimum atomic E-state index is -0.709. The molecule has 0 aliphatic carbocycles. The number of halogens is 2. The van der Waals surface area contributed by atoms with Gasteiger partial charge in [0.05, 0.1) is 5.56 Å². The lowest BCUT2D eigenvalue weighted by molar-refractivity contribution is 0.439. The smallest absolute Gasteiger partial charge is 0.230 e. The highest BCUT2D eigenvalue weighted by molar-refractivity contribution is 5.87. The molecule has 0 saturated heterocycles.